The molecule has 0 saturated heterocycles. The maximum Gasteiger partial charge on any atom is 0.330 e. The van der Waals surface area contributed by atoms with Gasteiger partial charge < -0.3 is 14.2 Å². The van der Waals surface area contributed by atoms with E-state index in [-0.39, 0.29) is 41.7 Å². The van der Waals surface area contributed by atoms with E-state index in [2.05, 4.69) is 0 Å². The van der Waals surface area contributed by atoms with Crippen LogP contribution in [0.5, 0.6) is 5.75 Å². The first kappa shape index (κ1) is 22.9. The monoisotopic (exact) mass is 384 g/mol. The van der Waals surface area contributed by atoms with Crippen LogP contribution < -0.4 is 0 Å². The van der Waals surface area contributed by atoms with Gasteiger partial charge in [-0.3, -0.25) is 9.36 Å². The highest BCUT2D eigenvalue weighted by Crippen LogP contribution is 2.47. The average Bonchev–Trinajstić information content (AvgIpc) is 2.51. The quantitative estimate of drug-likeness (QED) is 0.501. The van der Waals surface area contributed by atoms with Crippen LogP contribution in [0.3, 0.4) is 0 Å². The lowest BCUT2D eigenvalue weighted by atomic mass is 9.78. The van der Waals surface area contributed by atoms with Crippen molar-refractivity contribution in [3.05, 3.63) is 28.8 Å². The molecule has 1 rings (SSSR count). The van der Waals surface area contributed by atoms with E-state index in [1.54, 1.807) is 26.0 Å². The first-order valence-electron chi connectivity index (χ1n) is 9.04. The fraction of sp³-hybridized carbons (Fsp3) is 0.650. The molecule has 0 amide bonds. The van der Waals surface area contributed by atoms with Crippen LogP contribution in [0, 0.1) is 0 Å². The third-order valence-corrected chi connectivity index (χ3v) is 6.10. The highest BCUT2D eigenvalue weighted by molar-refractivity contribution is 7.53. The summed E-state index contributed by atoms with van der Waals surface area (Å²) in [5.41, 5.74) is 1.20. The molecule has 1 N–H and O–H groups in total. The fourth-order valence-electron chi connectivity index (χ4n) is 2.60. The maximum atomic E-state index is 12.7. The van der Waals surface area contributed by atoms with Crippen molar-refractivity contribution in [2.75, 3.05) is 19.4 Å². The van der Waals surface area contributed by atoms with E-state index in [4.69, 9.17) is 9.05 Å². The molecule has 0 saturated carbocycles. The predicted molar refractivity (Wildman–Crippen MR) is 106 cm³/mol. The zero-order valence-electron chi connectivity index (χ0n) is 17.3. The summed E-state index contributed by atoms with van der Waals surface area (Å²) in [5, 5.41) is 10.7. The molecule has 0 bridgehead atoms. The molecule has 1 atom stereocenters. The maximum absolute atomic E-state index is 12.7. The van der Waals surface area contributed by atoms with Crippen LogP contribution in [0.15, 0.2) is 12.1 Å². The van der Waals surface area contributed by atoms with Crippen molar-refractivity contribution in [1.82, 2.24) is 0 Å². The zero-order valence-corrected chi connectivity index (χ0v) is 18.2. The van der Waals surface area contributed by atoms with Crippen LogP contribution in [0.1, 0.15) is 76.9 Å². The number of aromatic hydroxyl groups is 1. The Morgan fingerprint density at radius 1 is 1.00 bits per heavy atom. The predicted octanol–water partition coefficient (Wildman–Crippen LogP) is 5.44. The molecular formula is C20H33O5P. The number of carbonyl (C=O) groups excluding carboxylic acids is 1. The number of hydrogen-bond donors (Lipinski definition) is 1. The highest BCUT2D eigenvalue weighted by Gasteiger charge is 2.29. The van der Waals surface area contributed by atoms with Gasteiger partial charge in [0.1, 0.15) is 12.4 Å². The second-order valence-corrected chi connectivity index (χ2v) is 10.8. The smallest absolute Gasteiger partial charge is 0.330 e. The normalized spacial score (nSPS) is 14.9. The van der Waals surface area contributed by atoms with Gasteiger partial charge in [0.15, 0.2) is 5.78 Å². The Balaban J connectivity index is 3.27. The van der Waals surface area contributed by atoms with Gasteiger partial charge in [0.2, 0.25) is 0 Å². The molecule has 6 heteroatoms. The molecule has 0 heterocycles. The van der Waals surface area contributed by atoms with Gasteiger partial charge in [0.05, 0.1) is 6.61 Å². The van der Waals surface area contributed by atoms with Crippen molar-refractivity contribution >= 4 is 13.4 Å². The van der Waals surface area contributed by atoms with Crippen molar-refractivity contribution in [2.45, 2.75) is 66.2 Å². The van der Waals surface area contributed by atoms with Crippen molar-refractivity contribution < 1.29 is 23.5 Å². The molecule has 0 aliphatic heterocycles. The lowest BCUT2D eigenvalue weighted by molar-refractivity contribution is 0.0900. The van der Waals surface area contributed by atoms with E-state index in [1.165, 1.54) is 0 Å². The molecule has 0 fully saturated rings. The Kier molecular flexibility index (Phi) is 7.25. The molecule has 0 aliphatic carbocycles. The number of ketones is 1. The zero-order chi connectivity index (χ0) is 20.3. The number of hydrogen-bond acceptors (Lipinski definition) is 5. The number of Topliss-reactive ketones (excluding diaryl/α,β-unsaturated/α-hetero) is 1. The van der Waals surface area contributed by atoms with Gasteiger partial charge in [-0.2, -0.15) is 0 Å². The van der Waals surface area contributed by atoms with E-state index in [1.807, 2.05) is 41.5 Å². The topological polar surface area (TPSA) is 72.8 Å². The van der Waals surface area contributed by atoms with Crippen molar-refractivity contribution in [1.29, 1.82) is 0 Å². The van der Waals surface area contributed by atoms with E-state index in [0.29, 0.717) is 16.7 Å². The minimum Gasteiger partial charge on any atom is -0.507 e. The molecule has 1 unspecified atom stereocenters. The molecule has 26 heavy (non-hydrogen) atoms. The lowest BCUT2D eigenvalue weighted by Crippen LogP contribution is -2.20. The van der Waals surface area contributed by atoms with Crippen molar-refractivity contribution in [2.24, 2.45) is 0 Å². The standard InChI is InChI=1S/C20H33O5P/c1-9-24-26(23,10-2)25-13-17(21)14-11-15(19(3,4)5)18(22)16(12-14)20(6,7)8/h11-12,22H,9-10,13H2,1-8H3. The largest absolute Gasteiger partial charge is 0.507 e. The fourth-order valence-corrected chi connectivity index (χ4v) is 3.74. The van der Waals surface area contributed by atoms with Crippen LogP contribution in [0.25, 0.3) is 0 Å². The van der Waals surface area contributed by atoms with Gasteiger partial charge in [-0.25, -0.2) is 0 Å². The van der Waals surface area contributed by atoms with E-state index in [9.17, 15) is 14.5 Å². The minimum atomic E-state index is -3.24. The number of phenols is 1. The van der Waals surface area contributed by atoms with Gasteiger partial charge in [-0.1, -0.05) is 48.5 Å². The Bertz CT molecular complexity index is 660. The molecule has 5 nitrogen and oxygen atoms in total. The number of benzene rings is 1. The lowest BCUT2D eigenvalue weighted by Gasteiger charge is -2.28. The molecule has 0 aliphatic rings. The molecule has 1 aromatic rings. The first-order valence-corrected chi connectivity index (χ1v) is 10.8. The molecule has 148 valence electrons. The van der Waals surface area contributed by atoms with Crippen LogP contribution in [-0.2, 0) is 24.4 Å². The van der Waals surface area contributed by atoms with Crippen molar-refractivity contribution in [3.8, 4) is 5.75 Å². The molecule has 0 radical (unpaired) electrons. The second kappa shape index (κ2) is 8.24. The Morgan fingerprint density at radius 3 is 1.81 bits per heavy atom. The summed E-state index contributed by atoms with van der Waals surface area (Å²) in [4.78, 5) is 12.7. The van der Waals surface area contributed by atoms with E-state index < -0.39 is 7.60 Å². The summed E-state index contributed by atoms with van der Waals surface area (Å²) < 4.78 is 22.9. The summed E-state index contributed by atoms with van der Waals surface area (Å²) in [6, 6.07) is 3.40. The van der Waals surface area contributed by atoms with Crippen LogP contribution >= 0.6 is 7.60 Å². The molecule has 0 aromatic heterocycles. The van der Waals surface area contributed by atoms with E-state index in [0.717, 1.165) is 0 Å². The Labute approximate surface area is 157 Å². The summed E-state index contributed by atoms with van der Waals surface area (Å²) in [6.45, 7) is 15.3. The summed E-state index contributed by atoms with van der Waals surface area (Å²) in [5.74, 6) is -0.0645. The third kappa shape index (κ3) is 5.67. The third-order valence-electron chi connectivity index (χ3n) is 4.15. The van der Waals surface area contributed by atoms with E-state index >= 15 is 0 Å². The molecule has 0 spiro atoms. The molecular weight excluding hydrogens is 351 g/mol. The Hall–Kier alpha value is -1.16. The van der Waals surface area contributed by atoms with Crippen LogP contribution in [-0.4, -0.2) is 30.3 Å². The Morgan fingerprint density at radius 2 is 1.46 bits per heavy atom. The van der Waals surface area contributed by atoms with Crippen LogP contribution in [0.4, 0.5) is 0 Å². The van der Waals surface area contributed by atoms with Crippen molar-refractivity contribution in [3.63, 3.8) is 0 Å². The van der Waals surface area contributed by atoms with Gasteiger partial charge >= 0.3 is 7.60 Å². The van der Waals surface area contributed by atoms with Gasteiger partial charge in [-0.05, 0) is 29.9 Å². The summed E-state index contributed by atoms with van der Waals surface area (Å²) in [7, 11) is -3.24. The minimum absolute atomic E-state index is 0.212. The number of rotatable bonds is 7. The second-order valence-electron chi connectivity index (χ2n) is 8.46. The molecule has 1 aromatic carbocycles. The highest BCUT2D eigenvalue weighted by atomic mass is 31.2. The number of carbonyl (C=O) groups is 1. The average molecular weight is 384 g/mol. The van der Waals surface area contributed by atoms with Crippen LogP contribution in [0.2, 0.25) is 0 Å². The summed E-state index contributed by atoms with van der Waals surface area (Å²) in [6.07, 6.45) is 0.212. The van der Waals surface area contributed by atoms with Gasteiger partial charge in [0, 0.05) is 22.9 Å². The number of phenolic OH excluding ortho intramolecular Hbond substituents is 1. The summed E-state index contributed by atoms with van der Waals surface area (Å²) >= 11 is 0. The first-order chi connectivity index (χ1) is 11.7. The van der Waals surface area contributed by atoms with Gasteiger partial charge in [0.25, 0.3) is 0 Å². The SMILES string of the molecule is CCOP(=O)(CC)OCC(=O)c1cc(C(C)(C)C)c(O)c(C(C)(C)C)c1. The van der Waals surface area contributed by atoms with Gasteiger partial charge in [-0.15, -0.1) is 0 Å².